The number of benzene rings is 2. The Balaban J connectivity index is 1.96. The van der Waals surface area contributed by atoms with Gasteiger partial charge in [0.1, 0.15) is 0 Å². The SMILES string of the molecule is CN(C)[C@H](CNC(=O)Nc1cccc([S@](C)=O)c1)c1ccccc1. The molecule has 0 spiro atoms. The van der Waals surface area contributed by atoms with E-state index in [4.69, 9.17) is 0 Å². The lowest BCUT2D eigenvalue weighted by Gasteiger charge is -2.25. The van der Waals surface area contributed by atoms with Gasteiger partial charge < -0.3 is 15.5 Å². The number of nitrogens with zero attached hydrogens (tertiary/aromatic N) is 1. The summed E-state index contributed by atoms with van der Waals surface area (Å²) < 4.78 is 11.5. The number of rotatable bonds is 6. The number of carbonyl (C=O) groups is 1. The molecule has 0 saturated carbocycles. The molecule has 2 aromatic carbocycles. The van der Waals surface area contributed by atoms with Gasteiger partial charge in [0.15, 0.2) is 0 Å². The van der Waals surface area contributed by atoms with Crippen LogP contribution in [0.25, 0.3) is 0 Å². The fourth-order valence-corrected chi connectivity index (χ4v) is 2.95. The van der Waals surface area contributed by atoms with E-state index in [0.717, 1.165) is 5.56 Å². The Morgan fingerprint density at radius 1 is 1.12 bits per heavy atom. The molecule has 5 nitrogen and oxygen atoms in total. The highest BCUT2D eigenvalue weighted by molar-refractivity contribution is 7.84. The van der Waals surface area contributed by atoms with Gasteiger partial charge in [-0.3, -0.25) is 4.21 Å². The number of likely N-dealkylation sites (N-methyl/N-ethyl adjacent to an activating group) is 1. The Labute approximate surface area is 145 Å². The van der Waals surface area contributed by atoms with Gasteiger partial charge >= 0.3 is 6.03 Å². The Bertz CT molecular complexity index is 704. The summed E-state index contributed by atoms with van der Waals surface area (Å²) in [6, 6.07) is 16.9. The molecule has 0 bridgehead atoms. The van der Waals surface area contributed by atoms with Crippen molar-refractivity contribution in [3.05, 3.63) is 60.2 Å². The van der Waals surface area contributed by atoms with Gasteiger partial charge in [0, 0.05) is 34.2 Å². The first-order valence-electron chi connectivity index (χ1n) is 7.67. The molecule has 0 saturated heterocycles. The van der Waals surface area contributed by atoms with Crippen molar-refractivity contribution >= 4 is 22.5 Å². The van der Waals surface area contributed by atoms with E-state index in [0.29, 0.717) is 17.1 Å². The van der Waals surface area contributed by atoms with Crippen LogP contribution in [0.4, 0.5) is 10.5 Å². The van der Waals surface area contributed by atoms with Crippen LogP contribution in [-0.4, -0.2) is 42.0 Å². The summed E-state index contributed by atoms with van der Waals surface area (Å²) in [5, 5.41) is 5.67. The van der Waals surface area contributed by atoms with Gasteiger partial charge in [0.25, 0.3) is 0 Å². The van der Waals surface area contributed by atoms with Crippen LogP contribution in [0.2, 0.25) is 0 Å². The van der Waals surface area contributed by atoms with Gasteiger partial charge in [0.2, 0.25) is 0 Å². The van der Waals surface area contributed by atoms with Gasteiger partial charge in [0.05, 0.1) is 6.04 Å². The summed E-state index contributed by atoms with van der Waals surface area (Å²) in [6.07, 6.45) is 1.61. The quantitative estimate of drug-likeness (QED) is 0.846. The second-order valence-electron chi connectivity index (χ2n) is 5.71. The number of urea groups is 1. The van der Waals surface area contributed by atoms with E-state index in [1.807, 2.05) is 44.4 Å². The number of anilines is 1. The monoisotopic (exact) mass is 345 g/mol. The van der Waals surface area contributed by atoms with E-state index in [2.05, 4.69) is 15.5 Å². The smallest absolute Gasteiger partial charge is 0.319 e. The zero-order chi connectivity index (χ0) is 17.5. The summed E-state index contributed by atoms with van der Waals surface area (Å²) in [4.78, 5) is 14.9. The number of nitrogens with one attached hydrogen (secondary N) is 2. The summed E-state index contributed by atoms with van der Waals surface area (Å²) in [5.74, 6) is 0. The summed E-state index contributed by atoms with van der Waals surface area (Å²) >= 11 is 0. The van der Waals surface area contributed by atoms with Crippen molar-refractivity contribution in [2.45, 2.75) is 10.9 Å². The van der Waals surface area contributed by atoms with E-state index in [1.54, 1.807) is 30.5 Å². The Morgan fingerprint density at radius 3 is 2.46 bits per heavy atom. The van der Waals surface area contributed by atoms with Crippen molar-refractivity contribution in [2.24, 2.45) is 0 Å². The molecule has 0 radical (unpaired) electrons. The number of hydrogen-bond donors (Lipinski definition) is 2. The Hall–Kier alpha value is -2.18. The van der Waals surface area contributed by atoms with Crippen LogP contribution in [0, 0.1) is 0 Å². The highest BCUT2D eigenvalue weighted by Crippen LogP contribution is 2.17. The van der Waals surface area contributed by atoms with Crippen LogP contribution in [-0.2, 0) is 10.8 Å². The van der Waals surface area contributed by atoms with Crippen molar-refractivity contribution in [1.29, 1.82) is 0 Å². The third-order valence-electron chi connectivity index (χ3n) is 3.69. The lowest BCUT2D eigenvalue weighted by Crippen LogP contribution is -2.36. The van der Waals surface area contributed by atoms with Crippen LogP contribution in [0.3, 0.4) is 0 Å². The number of amides is 2. The molecule has 2 rings (SSSR count). The van der Waals surface area contributed by atoms with Gasteiger partial charge in [-0.15, -0.1) is 0 Å². The van der Waals surface area contributed by atoms with Crippen LogP contribution in [0.1, 0.15) is 11.6 Å². The Kier molecular flexibility index (Phi) is 6.52. The van der Waals surface area contributed by atoms with E-state index in [-0.39, 0.29) is 12.1 Å². The molecule has 0 aliphatic carbocycles. The molecule has 2 atom stereocenters. The predicted octanol–water partition coefficient (Wildman–Crippen LogP) is 2.85. The molecule has 128 valence electrons. The maximum Gasteiger partial charge on any atom is 0.319 e. The largest absolute Gasteiger partial charge is 0.336 e. The van der Waals surface area contributed by atoms with E-state index >= 15 is 0 Å². The summed E-state index contributed by atoms with van der Waals surface area (Å²) in [7, 11) is 2.89. The van der Waals surface area contributed by atoms with Crippen molar-refractivity contribution in [2.75, 3.05) is 32.2 Å². The summed E-state index contributed by atoms with van der Waals surface area (Å²) in [5.41, 5.74) is 1.77. The van der Waals surface area contributed by atoms with Gasteiger partial charge in [-0.25, -0.2) is 4.79 Å². The third kappa shape index (κ3) is 5.18. The average Bonchev–Trinajstić information content (AvgIpc) is 2.56. The molecule has 2 N–H and O–H groups in total. The first-order valence-corrected chi connectivity index (χ1v) is 9.23. The summed E-state index contributed by atoms with van der Waals surface area (Å²) in [6.45, 7) is 0.488. The second kappa shape index (κ2) is 8.61. The topological polar surface area (TPSA) is 61.4 Å². The first-order chi connectivity index (χ1) is 11.5. The van der Waals surface area contributed by atoms with Crippen molar-refractivity contribution in [1.82, 2.24) is 10.2 Å². The van der Waals surface area contributed by atoms with E-state index in [1.165, 1.54) is 0 Å². The lowest BCUT2D eigenvalue weighted by molar-refractivity contribution is 0.243. The molecule has 0 aliphatic rings. The average molecular weight is 345 g/mol. The molecule has 0 fully saturated rings. The number of carbonyl (C=O) groups excluding carboxylic acids is 1. The molecular formula is C18H23N3O2S. The zero-order valence-corrected chi connectivity index (χ0v) is 15.0. The second-order valence-corrected chi connectivity index (χ2v) is 7.09. The fraction of sp³-hybridized carbons (Fsp3) is 0.278. The lowest BCUT2D eigenvalue weighted by atomic mass is 10.1. The van der Waals surface area contributed by atoms with Crippen molar-refractivity contribution < 1.29 is 9.00 Å². The molecule has 0 aromatic heterocycles. The van der Waals surface area contributed by atoms with Gasteiger partial charge in [-0.05, 0) is 37.9 Å². The Morgan fingerprint density at radius 2 is 1.83 bits per heavy atom. The molecule has 2 aromatic rings. The molecule has 6 heteroatoms. The standard InChI is InChI=1S/C18H23N3O2S/c1-21(2)17(14-8-5-4-6-9-14)13-19-18(22)20-15-10-7-11-16(12-15)24(3)23/h4-12,17H,13H2,1-3H3,(H2,19,20,22)/t17-,24+/m1/s1. The molecule has 0 unspecified atom stereocenters. The minimum absolute atomic E-state index is 0.0893. The van der Waals surface area contributed by atoms with Crippen LogP contribution >= 0.6 is 0 Å². The highest BCUT2D eigenvalue weighted by atomic mass is 32.2. The zero-order valence-electron chi connectivity index (χ0n) is 14.2. The van der Waals surface area contributed by atoms with E-state index in [9.17, 15) is 9.00 Å². The molecule has 2 amide bonds. The van der Waals surface area contributed by atoms with Crippen LogP contribution in [0.5, 0.6) is 0 Å². The minimum atomic E-state index is -1.07. The third-order valence-corrected chi connectivity index (χ3v) is 4.61. The fourth-order valence-electron chi connectivity index (χ4n) is 2.39. The molecule has 24 heavy (non-hydrogen) atoms. The number of hydrogen-bond acceptors (Lipinski definition) is 3. The maximum absolute atomic E-state index is 12.1. The molecule has 0 aliphatic heterocycles. The van der Waals surface area contributed by atoms with E-state index < -0.39 is 10.8 Å². The van der Waals surface area contributed by atoms with Gasteiger partial charge in [-0.1, -0.05) is 36.4 Å². The normalized spacial score (nSPS) is 13.3. The van der Waals surface area contributed by atoms with Crippen molar-refractivity contribution in [3.63, 3.8) is 0 Å². The van der Waals surface area contributed by atoms with Crippen molar-refractivity contribution in [3.8, 4) is 0 Å². The molecular weight excluding hydrogens is 322 g/mol. The van der Waals surface area contributed by atoms with Crippen LogP contribution in [0.15, 0.2) is 59.5 Å². The highest BCUT2D eigenvalue weighted by Gasteiger charge is 2.15. The van der Waals surface area contributed by atoms with Gasteiger partial charge in [-0.2, -0.15) is 0 Å². The maximum atomic E-state index is 12.1. The predicted molar refractivity (Wildman–Crippen MR) is 98.7 cm³/mol. The minimum Gasteiger partial charge on any atom is -0.336 e. The van der Waals surface area contributed by atoms with Crippen LogP contribution < -0.4 is 10.6 Å². The molecule has 0 heterocycles. The first kappa shape index (κ1) is 18.2.